The fourth-order valence-electron chi connectivity index (χ4n) is 1.96. The quantitative estimate of drug-likeness (QED) is 0.835. The van der Waals surface area contributed by atoms with Gasteiger partial charge in [0.15, 0.2) is 0 Å². The van der Waals surface area contributed by atoms with E-state index in [9.17, 15) is 4.39 Å². The van der Waals surface area contributed by atoms with Crippen LogP contribution in [0, 0.1) is 5.82 Å². The van der Waals surface area contributed by atoms with Gasteiger partial charge in [0.1, 0.15) is 17.7 Å². The molecule has 1 heterocycles. The van der Waals surface area contributed by atoms with Gasteiger partial charge in [-0.1, -0.05) is 11.6 Å². The molecular weight excluding hydrogens is 306 g/mol. The van der Waals surface area contributed by atoms with E-state index in [0.717, 1.165) is 26.1 Å². The first kappa shape index (κ1) is 17.5. The summed E-state index contributed by atoms with van der Waals surface area (Å²) in [5.74, 6) is 0.0304. The molecule has 1 saturated heterocycles. The van der Waals surface area contributed by atoms with Crippen LogP contribution in [0.5, 0.6) is 5.75 Å². The molecule has 0 aromatic heterocycles. The highest BCUT2D eigenvalue weighted by Gasteiger charge is 2.28. The van der Waals surface area contributed by atoms with Gasteiger partial charge in [0, 0.05) is 31.7 Å². The average molecular weight is 325 g/mol. The number of nitrogens with two attached hydrogens (primary N) is 1. The molecule has 0 amide bonds. The second kappa shape index (κ2) is 8.00. The second-order valence-electron chi connectivity index (χ2n) is 4.81. The molecule has 0 saturated carbocycles. The van der Waals surface area contributed by atoms with Crippen molar-refractivity contribution < 1.29 is 14.2 Å². The number of benzene rings is 1. The Morgan fingerprint density at radius 2 is 2.20 bits per heavy atom. The van der Waals surface area contributed by atoms with Crippen LogP contribution in [0.3, 0.4) is 0 Å². The maximum Gasteiger partial charge on any atom is 0.145 e. The van der Waals surface area contributed by atoms with Gasteiger partial charge in [-0.3, -0.25) is 4.90 Å². The zero-order valence-corrected chi connectivity index (χ0v) is 12.5. The molecule has 1 aliphatic heterocycles. The number of aliphatic hydroxyl groups is 1. The fraction of sp³-hybridized carbons (Fsp3) is 0.538. The largest absolute Gasteiger partial charge is 0.488 e. The van der Waals surface area contributed by atoms with Gasteiger partial charge >= 0.3 is 0 Å². The summed E-state index contributed by atoms with van der Waals surface area (Å²) in [5.41, 5.74) is 5.63. The minimum absolute atomic E-state index is 0. The van der Waals surface area contributed by atoms with Crippen LogP contribution in [-0.2, 0) is 0 Å². The molecule has 2 rings (SSSR count). The lowest BCUT2D eigenvalue weighted by Gasteiger charge is -2.39. The van der Waals surface area contributed by atoms with Gasteiger partial charge in [-0.2, -0.15) is 0 Å². The van der Waals surface area contributed by atoms with Crippen LogP contribution < -0.4 is 10.5 Å². The summed E-state index contributed by atoms with van der Waals surface area (Å²) in [4.78, 5) is 2.19. The Morgan fingerprint density at radius 3 is 2.80 bits per heavy atom. The van der Waals surface area contributed by atoms with Crippen molar-refractivity contribution in [2.45, 2.75) is 18.6 Å². The van der Waals surface area contributed by atoms with Crippen LogP contribution >= 0.6 is 24.0 Å². The maximum absolute atomic E-state index is 13.2. The fourth-order valence-corrected chi connectivity index (χ4v) is 2.08. The third-order valence-corrected chi connectivity index (χ3v) is 3.47. The Kier molecular flexibility index (Phi) is 6.99. The Morgan fingerprint density at radius 1 is 1.50 bits per heavy atom. The van der Waals surface area contributed by atoms with Gasteiger partial charge in [-0.15, -0.1) is 12.4 Å². The van der Waals surface area contributed by atoms with Crippen molar-refractivity contribution in [2.75, 3.05) is 26.2 Å². The summed E-state index contributed by atoms with van der Waals surface area (Å²) in [7, 11) is 0. The first-order chi connectivity index (χ1) is 9.08. The van der Waals surface area contributed by atoms with Crippen LogP contribution in [0.1, 0.15) is 6.42 Å². The first-order valence-corrected chi connectivity index (χ1v) is 6.67. The zero-order valence-electron chi connectivity index (χ0n) is 11.0. The van der Waals surface area contributed by atoms with Crippen molar-refractivity contribution in [1.82, 2.24) is 4.90 Å². The van der Waals surface area contributed by atoms with Crippen LogP contribution in [0.15, 0.2) is 18.2 Å². The third kappa shape index (κ3) is 4.75. The van der Waals surface area contributed by atoms with Crippen molar-refractivity contribution in [3.05, 3.63) is 29.0 Å². The lowest BCUT2D eigenvalue weighted by Crippen LogP contribution is -2.54. The average Bonchev–Trinajstić information content (AvgIpc) is 2.35. The van der Waals surface area contributed by atoms with E-state index >= 15 is 0 Å². The SMILES string of the molecule is Cl.NC(CO)CCN1CC(Oc2ccc(Cl)c(F)c2)C1. The van der Waals surface area contributed by atoms with Gasteiger partial charge in [0.05, 0.1) is 11.6 Å². The molecule has 0 radical (unpaired) electrons. The standard InChI is InChI=1S/C13H18ClFN2O2.ClH/c14-12-2-1-10(5-13(12)15)19-11-6-17(7-11)4-3-9(16)8-18;/h1-2,5,9,11,18H,3-4,6-8,16H2;1H. The van der Waals surface area contributed by atoms with Crippen LogP contribution in [0.4, 0.5) is 4.39 Å². The molecule has 4 nitrogen and oxygen atoms in total. The lowest BCUT2D eigenvalue weighted by molar-refractivity contribution is 0.0173. The van der Waals surface area contributed by atoms with Crippen molar-refractivity contribution in [3.8, 4) is 5.75 Å². The molecule has 0 aliphatic carbocycles. The number of hydrogen-bond donors (Lipinski definition) is 2. The van der Waals surface area contributed by atoms with Crippen LogP contribution in [0.2, 0.25) is 5.02 Å². The van der Waals surface area contributed by atoms with Gasteiger partial charge in [-0.05, 0) is 18.6 Å². The maximum atomic E-state index is 13.2. The van der Waals surface area contributed by atoms with E-state index in [1.54, 1.807) is 6.07 Å². The number of halogens is 3. The first-order valence-electron chi connectivity index (χ1n) is 6.29. The minimum atomic E-state index is -0.468. The molecule has 0 spiro atoms. The number of ether oxygens (including phenoxy) is 1. The molecular formula is C13H19Cl2FN2O2. The van der Waals surface area contributed by atoms with E-state index in [1.807, 2.05) is 0 Å². The molecule has 1 fully saturated rings. The monoisotopic (exact) mass is 324 g/mol. The highest BCUT2D eigenvalue weighted by atomic mass is 35.5. The highest BCUT2D eigenvalue weighted by molar-refractivity contribution is 6.30. The van der Waals surface area contributed by atoms with E-state index < -0.39 is 5.82 Å². The van der Waals surface area contributed by atoms with Crippen molar-refractivity contribution >= 4 is 24.0 Å². The molecule has 1 aromatic carbocycles. The molecule has 1 aliphatic rings. The number of hydrogen-bond acceptors (Lipinski definition) is 4. The van der Waals surface area contributed by atoms with Gasteiger partial charge in [0.25, 0.3) is 0 Å². The smallest absolute Gasteiger partial charge is 0.145 e. The van der Waals surface area contributed by atoms with E-state index in [0.29, 0.717) is 5.75 Å². The van der Waals surface area contributed by atoms with E-state index in [-0.39, 0.29) is 36.2 Å². The Bertz CT molecular complexity index is 431. The molecule has 3 N–H and O–H groups in total. The van der Waals surface area contributed by atoms with Gasteiger partial charge in [0.2, 0.25) is 0 Å². The van der Waals surface area contributed by atoms with Crippen molar-refractivity contribution in [3.63, 3.8) is 0 Å². The molecule has 7 heteroatoms. The third-order valence-electron chi connectivity index (χ3n) is 3.17. The van der Waals surface area contributed by atoms with E-state index in [1.165, 1.54) is 12.1 Å². The Labute approximate surface area is 129 Å². The summed E-state index contributed by atoms with van der Waals surface area (Å²) in [6.45, 7) is 2.44. The second-order valence-corrected chi connectivity index (χ2v) is 5.21. The molecule has 0 bridgehead atoms. The predicted molar refractivity (Wildman–Crippen MR) is 79.2 cm³/mol. The molecule has 20 heavy (non-hydrogen) atoms. The van der Waals surface area contributed by atoms with Gasteiger partial charge < -0.3 is 15.6 Å². The lowest BCUT2D eigenvalue weighted by atomic mass is 10.1. The highest BCUT2D eigenvalue weighted by Crippen LogP contribution is 2.23. The van der Waals surface area contributed by atoms with Crippen LogP contribution in [0.25, 0.3) is 0 Å². The van der Waals surface area contributed by atoms with E-state index in [2.05, 4.69) is 4.90 Å². The van der Waals surface area contributed by atoms with E-state index in [4.69, 9.17) is 27.2 Å². The van der Waals surface area contributed by atoms with Crippen molar-refractivity contribution in [2.24, 2.45) is 5.73 Å². The summed E-state index contributed by atoms with van der Waals surface area (Å²) in [6, 6.07) is 4.29. The molecule has 1 atom stereocenters. The van der Waals surface area contributed by atoms with Crippen LogP contribution in [-0.4, -0.2) is 48.4 Å². The zero-order chi connectivity index (χ0) is 13.8. The number of aliphatic hydroxyl groups excluding tert-OH is 1. The number of nitrogens with zero attached hydrogens (tertiary/aromatic N) is 1. The number of rotatable bonds is 6. The Hall–Kier alpha value is -0.590. The number of likely N-dealkylation sites (tertiary alicyclic amines) is 1. The minimum Gasteiger partial charge on any atom is -0.488 e. The topological polar surface area (TPSA) is 58.7 Å². The summed E-state index contributed by atoms with van der Waals surface area (Å²) in [5, 5.41) is 8.92. The normalized spacial score (nSPS) is 17.2. The Balaban J connectivity index is 0.00000200. The molecule has 1 aromatic rings. The van der Waals surface area contributed by atoms with Crippen molar-refractivity contribution in [1.29, 1.82) is 0 Å². The summed E-state index contributed by atoms with van der Waals surface area (Å²) < 4.78 is 18.8. The molecule has 1 unspecified atom stereocenters. The predicted octanol–water partition coefficient (Wildman–Crippen LogP) is 1.67. The summed E-state index contributed by atoms with van der Waals surface area (Å²) in [6.07, 6.45) is 0.838. The van der Waals surface area contributed by atoms with Gasteiger partial charge in [-0.25, -0.2) is 4.39 Å². The molecule has 114 valence electrons. The summed E-state index contributed by atoms with van der Waals surface area (Å²) >= 11 is 5.60.